The topological polar surface area (TPSA) is 35.6 Å². The van der Waals surface area contributed by atoms with Crippen molar-refractivity contribution >= 4 is 23.3 Å². The molecule has 1 aliphatic heterocycles. The first-order valence-electron chi connectivity index (χ1n) is 7.20. The molecule has 5 heteroatoms. The van der Waals surface area contributed by atoms with Crippen molar-refractivity contribution < 1.29 is 4.79 Å². The first kappa shape index (κ1) is 13.7. The van der Waals surface area contributed by atoms with Gasteiger partial charge in [-0.2, -0.15) is 0 Å². The summed E-state index contributed by atoms with van der Waals surface area (Å²) < 4.78 is 0. The number of nitrogens with one attached hydrogen (secondary N) is 1. The molecule has 0 bridgehead atoms. The minimum absolute atomic E-state index is 0.0224. The van der Waals surface area contributed by atoms with Crippen molar-refractivity contribution in [3.05, 3.63) is 28.8 Å². The highest BCUT2D eigenvalue weighted by atomic mass is 35.5. The van der Waals surface area contributed by atoms with Gasteiger partial charge in [-0.05, 0) is 37.5 Å². The molecule has 0 spiro atoms. The zero-order chi connectivity index (χ0) is 14.1. The third kappa shape index (κ3) is 2.91. The lowest BCUT2D eigenvalue weighted by molar-refractivity contribution is 0.142. The van der Waals surface area contributed by atoms with Crippen molar-refractivity contribution in [1.82, 2.24) is 9.80 Å². The molecule has 1 saturated heterocycles. The number of amides is 2. The molecule has 1 aromatic rings. The van der Waals surface area contributed by atoms with Gasteiger partial charge >= 0.3 is 6.03 Å². The van der Waals surface area contributed by atoms with Crippen LogP contribution in [-0.2, 0) is 0 Å². The van der Waals surface area contributed by atoms with Gasteiger partial charge in [0.25, 0.3) is 0 Å². The summed E-state index contributed by atoms with van der Waals surface area (Å²) in [4.78, 5) is 16.7. The van der Waals surface area contributed by atoms with Crippen LogP contribution in [0.3, 0.4) is 0 Å². The Labute approximate surface area is 124 Å². The van der Waals surface area contributed by atoms with E-state index in [9.17, 15) is 4.79 Å². The third-order valence-electron chi connectivity index (χ3n) is 4.17. The number of piperazine rings is 1. The molecule has 0 radical (unpaired) electrons. The molecule has 1 saturated carbocycles. The van der Waals surface area contributed by atoms with E-state index in [0.717, 1.165) is 43.5 Å². The number of nitrogens with zero attached hydrogens (tertiary/aromatic N) is 2. The van der Waals surface area contributed by atoms with Gasteiger partial charge in [-0.25, -0.2) is 4.79 Å². The Balaban J connectivity index is 1.58. The maximum atomic E-state index is 12.3. The molecule has 1 heterocycles. The molecular formula is C15H20ClN3O. The van der Waals surface area contributed by atoms with Crippen LogP contribution in [0.1, 0.15) is 18.4 Å². The van der Waals surface area contributed by atoms with Gasteiger partial charge in [0, 0.05) is 42.9 Å². The lowest BCUT2D eigenvalue weighted by Crippen LogP contribution is -2.50. The molecular weight excluding hydrogens is 274 g/mol. The molecule has 108 valence electrons. The number of rotatable bonds is 2. The van der Waals surface area contributed by atoms with Crippen LogP contribution in [-0.4, -0.2) is 48.1 Å². The Hall–Kier alpha value is -1.26. The number of halogens is 1. The van der Waals surface area contributed by atoms with Crippen LogP contribution in [0, 0.1) is 6.92 Å². The van der Waals surface area contributed by atoms with Gasteiger partial charge in [0.2, 0.25) is 0 Å². The summed E-state index contributed by atoms with van der Waals surface area (Å²) in [7, 11) is 0. The molecule has 0 aromatic heterocycles. The normalized spacial score (nSPS) is 20.0. The lowest BCUT2D eigenvalue weighted by Gasteiger charge is -2.34. The average molecular weight is 294 g/mol. The van der Waals surface area contributed by atoms with Crippen molar-refractivity contribution in [2.24, 2.45) is 0 Å². The van der Waals surface area contributed by atoms with E-state index in [0.29, 0.717) is 5.02 Å². The Morgan fingerprint density at radius 3 is 2.60 bits per heavy atom. The number of hydrogen-bond acceptors (Lipinski definition) is 2. The number of benzene rings is 1. The summed E-state index contributed by atoms with van der Waals surface area (Å²) in [6.07, 6.45) is 2.65. The van der Waals surface area contributed by atoms with Gasteiger partial charge < -0.3 is 10.2 Å². The molecule has 2 aliphatic rings. The van der Waals surface area contributed by atoms with Gasteiger partial charge in [-0.15, -0.1) is 0 Å². The second kappa shape index (κ2) is 5.62. The standard InChI is InChI=1S/C15H20ClN3O/c1-11-13(16)3-2-4-14(11)17-15(20)19-9-7-18(8-10-19)12-5-6-12/h2-4,12H,5-10H2,1H3,(H,17,20). The maximum Gasteiger partial charge on any atom is 0.321 e. The molecule has 2 fully saturated rings. The lowest BCUT2D eigenvalue weighted by atomic mass is 10.2. The Bertz CT molecular complexity index is 508. The van der Waals surface area contributed by atoms with Gasteiger partial charge in [-0.1, -0.05) is 17.7 Å². The highest BCUT2D eigenvalue weighted by Gasteiger charge is 2.32. The summed E-state index contributed by atoms with van der Waals surface area (Å²) in [6, 6.07) is 6.34. The van der Waals surface area contributed by atoms with E-state index in [1.165, 1.54) is 12.8 Å². The summed E-state index contributed by atoms with van der Waals surface area (Å²) in [5.74, 6) is 0. The first-order valence-corrected chi connectivity index (χ1v) is 7.58. The number of anilines is 1. The zero-order valence-corrected chi connectivity index (χ0v) is 12.5. The van der Waals surface area contributed by atoms with Gasteiger partial charge in [0.15, 0.2) is 0 Å². The van der Waals surface area contributed by atoms with Crippen molar-refractivity contribution in [3.63, 3.8) is 0 Å². The highest BCUT2D eigenvalue weighted by molar-refractivity contribution is 6.31. The summed E-state index contributed by atoms with van der Waals surface area (Å²) in [5, 5.41) is 3.65. The van der Waals surface area contributed by atoms with Crippen molar-refractivity contribution in [2.75, 3.05) is 31.5 Å². The van der Waals surface area contributed by atoms with Crippen LogP contribution in [0.25, 0.3) is 0 Å². The number of carbonyl (C=O) groups excluding carboxylic acids is 1. The molecule has 0 unspecified atom stereocenters. The van der Waals surface area contributed by atoms with Crippen LogP contribution in [0.4, 0.5) is 10.5 Å². The smallest absolute Gasteiger partial charge is 0.321 e. The fourth-order valence-corrected chi connectivity index (χ4v) is 2.84. The molecule has 0 atom stereocenters. The van der Waals surface area contributed by atoms with Crippen molar-refractivity contribution in [3.8, 4) is 0 Å². The number of urea groups is 1. The third-order valence-corrected chi connectivity index (χ3v) is 4.58. The fraction of sp³-hybridized carbons (Fsp3) is 0.533. The second-order valence-electron chi connectivity index (χ2n) is 5.60. The van der Waals surface area contributed by atoms with Crippen LogP contribution in [0.2, 0.25) is 5.02 Å². The summed E-state index contributed by atoms with van der Waals surface area (Å²) in [6.45, 7) is 5.52. The number of carbonyl (C=O) groups is 1. The fourth-order valence-electron chi connectivity index (χ4n) is 2.67. The van der Waals surface area contributed by atoms with E-state index >= 15 is 0 Å². The van der Waals surface area contributed by atoms with Crippen molar-refractivity contribution in [1.29, 1.82) is 0 Å². The second-order valence-corrected chi connectivity index (χ2v) is 6.00. The Kier molecular flexibility index (Phi) is 3.85. The SMILES string of the molecule is Cc1c(Cl)cccc1NC(=O)N1CCN(C2CC2)CC1. The monoisotopic (exact) mass is 293 g/mol. The Morgan fingerprint density at radius 1 is 1.25 bits per heavy atom. The minimum atomic E-state index is -0.0224. The summed E-state index contributed by atoms with van der Waals surface area (Å²) in [5.41, 5.74) is 1.71. The first-order chi connectivity index (χ1) is 9.65. The number of hydrogen-bond donors (Lipinski definition) is 1. The van der Waals surface area contributed by atoms with Crippen LogP contribution < -0.4 is 5.32 Å². The molecule has 1 N–H and O–H groups in total. The largest absolute Gasteiger partial charge is 0.322 e. The Morgan fingerprint density at radius 2 is 1.95 bits per heavy atom. The van der Waals surface area contributed by atoms with Crippen LogP contribution in [0.15, 0.2) is 18.2 Å². The van der Waals surface area contributed by atoms with Crippen molar-refractivity contribution in [2.45, 2.75) is 25.8 Å². The predicted molar refractivity (Wildman–Crippen MR) is 81.4 cm³/mol. The zero-order valence-electron chi connectivity index (χ0n) is 11.7. The summed E-state index contributed by atoms with van der Waals surface area (Å²) >= 11 is 6.07. The van der Waals surface area contributed by atoms with Gasteiger partial charge in [-0.3, -0.25) is 4.90 Å². The van der Waals surface area contributed by atoms with E-state index in [-0.39, 0.29) is 6.03 Å². The molecule has 1 aromatic carbocycles. The van der Waals surface area contributed by atoms with E-state index < -0.39 is 0 Å². The molecule has 4 nitrogen and oxygen atoms in total. The molecule has 20 heavy (non-hydrogen) atoms. The van der Waals surface area contributed by atoms with E-state index in [1.54, 1.807) is 0 Å². The maximum absolute atomic E-state index is 12.3. The van der Waals surface area contributed by atoms with Crippen LogP contribution in [0.5, 0.6) is 0 Å². The highest BCUT2D eigenvalue weighted by Crippen LogP contribution is 2.28. The average Bonchev–Trinajstić information content (AvgIpc) is 3.29. The minimum Gasteiger partial charge on any atom is -0.322 e. The van der Waals surface area contributed by atoms with Gasteiger partial charge in [0.1, 0.15) is 0 Å². The molecule has 3 rings (SSSR count). The van der Waals surface area contributed by atoms with Gasteiger partial charge in [0.05, 0.1) is 0 Å². The van der Waals surface area contributed by atoms with E-state index in [4.69, 9.17) is 11.6 Å². The van der Waals surface area contributed by atoms with Crippen LogP contribution >= 0.6 is 11.6 Å². The molecule has 1 aliphatic carbocycles. The predicted octanol–water partition coefficient (Wildman–Crippen LogP) is 2.96. The molecule has 2 amide bonds. The van der Waals surface area contributed by atoms with E-state index in [1.807, 2.05) is 30.0 Å². The quantitative estimate of drug-likeness (QED) is 0.910. The van der Waals surface area contributed by atoms with E-state index in [2.05, 4.69) is 10.2 Å².